The van der Waals surface area contributed by atoms with Crippen LogP contribution in [0.4, 0.5) is 0 Å². The Hall–Kier alpha value is -1.73. The van der Waals surface area contributed by atoms with Gasteiger partial charge in [0.2, 0.25) is 0 Å². The first-order valence-electron chi connectivity index (χ1n) is 4.79. The fourth-order valence-corrected chi connectivity index (χ4v) is 2.05. The zero-order valence-corrected chi connectivity index (χ0v) is 9.44. The molecule has 0 saturated heterocycles. The molecule has 2 rings (SSSR count). The van der Waals surface area contributed by atoms with E-state index in [1.54, 1.807) is 12.1 Å². The summed E-state index contributed by atoms with van der Waals surface area (Å²) in [7, 11) is -4.44. The van der Waals surface area contributed by atoms with Crippen LogP contribution in [-0.4, -0.2) is 42.0 Å². The third kappa shape index (κ3) is 2.20. The molecule has 0 unspecified atom stereocenters. The molecule has 1 aromatic carbocycles. The van der Waals surface area contributed by atoms with E-state index in [0.717, 1.165) is 4.90 Å². The monoisotopic (exact) mass is 254 g/mol. The highest BCUT2D eigenvalue weighted by atomic mass is 32.2. The van der Waals surface area contributed by atoms with Gasteiger partial charge in [-0.15, -0.1) is 0 Å². The maximum Gasteiger partial charge on any atom is 0.261 e. The summed E-state index contributed by atoms with van der Waals surface area (Å²) in [5.74, 6) is -1.89. The van der Waals surface area contributed by atoms with Crippen molar-refractivity contribution in [2.45, 2.75) is 0 Å². The molecular formula is C10H8NO5S-. The Morgan fingerprint density at radius 3 is 1.94 bits per heavy atom. The lowest BCUT2D eigenvalue weighted by molar-refractivity contribution is 0.0664. The number of fused-ring (bicyclic) bond motifs is 1. The summed E-state index contributed by atoms with van der Waals surface area (Å²) >= 11 is 0. The van der Waals surface area contributed by atoms with Crippen molar-refractivity contribution in [3.63, 3.8) is 0 Å². The number of carbonyl (C=O) groups is 2. The summed E-state index contributed by atoms with van der Waals surface area (Å²) in [5.41, 5.74) is 0.474. The molecule has 0 saturated carbocycles. The predicted molar refractivity (Wildman–Crippen MR) is 56.4 cm³/mol. The van der Waals surface area contributed by atoms with Gasteiger partial charge < -0.3 is 4.55 Å². The van der Waals surface area contributed by atoms with Crippen LogP contribution in [0.15, 0.2) is 24.3 Å². The fourth-order valence-electron chi connectivity index (χ4n) is 1.65. The van der Waals surface area contributed by atoms with E-state index in [-0.39, 0.29) is 11.1 Å². The first-order chi connectivity index (χ1) is 7.90. The Morgan fingerprint density at radius 2 is 1.53 bits per heavy atom. The van der Waals surface area contributed by atoms with Crippen LogP contribution in [0.2, 0.25) is 0 Å². The minimum atomic E-state index is -4.44. The van der Waals surface area contributed by atoms with Gasteiger partial charge >= 0.3 is 0 Å². The third-order valence-corrected chi connectivity index (χ3v) is 3.13. The van der Waals surface area contributed by atoms with E-state index in [0.29, 0.717) is 0 Å². The SMILES string of the molecule is O=C1c2ccccc2C(=O)N1CCS(=O)(=O)[O-]. The second-order valence-corrected chi connectivity index (χ2v) is 5.09. The van der Waals surface area contributed by atoms with Gasteiger partial charge in [-0.25, -0.2) is 8.42 Å². The predicted octanol–water partition coefficient (Wildman–Crippen LogP) is -0.172. The van der Waals surface area contributed by atoms with E-state index < -0.39 is 34.2 Å². The molecule has 0 bridgehead atoms. The number of hydrogen-bond acceptors (Lipinski definition) is 5. The maximum atomic E-state index is 11.7. The normalized spacial score (nSPS) is 15.2. The summed E-state index contributed by atoms with van der Waals surface area (Å²) in [6.45, 7) is -0.405. The van der Waals surface area contributed by atoms with Gasteiger partial charge in [0, 0.05) is 6.54 Å². The second-order valence-electron chi connectivity index (χ2n) is 3.57. The lowest BCUT2D eigenvalue weighted by Crippen LogP contribution is -2.34. The van der Waals surface area contributed by atoms with Gasteiger partial charge in [0.05, 0.1) is 27.0 Å². The molecule has 0 N–H and O–H groups in total. The Bertz CT molecular complexity index is 557. The van der Waals surface area contributed by atoms with Crippen molar-refractivity contribution < 1.29 is 22.6 Å². The molecule has 1 aliphatic heterocycles. The fraction of sp³-hybridized carbons (Fsp3) is 0.200. The Labute approximate surface area is 97.6 Å². The molecule has 0 fully saturated rings. The minimum absolute atomic E-state index is 0.237. The van der Waals surface area contributed by atoms with Gasteiger partial charge in [0.1, 0.15) is 0 Å². The van der Waals surface area contributed by atoms with E-state index in [1.807, 2.05) is 0 Å². The van der Waals surface area contributed by atoms with Crippen LogP contribution in [0.25, 0.3) is 0 Å². The van der Waals surface area contributed by atoms with E-state index >= 15 is 0 Å². The number of amides is 2. The minimum Gasteiger partial charge on any atom is -0.748 e. The third-order valence-electron chi connectivity index (χ3n) is 2.44. The average molecular weight is 254 g/mol. The molecule has 0 atom stereocenters. The lowest BCUT2D eigenvalue weighted by atomic mass is 10.1. The van der Waals surface area contributed by atoms with Crippen molar-refractivity contribution in [3.8, 4) is 0 Å². The second kappa shape index (κ2) is 3.94. The largest absolute Gasteiger partial charge is 0.748 e. The summed E-state index contributed by atoms with van der Waals surface area (Å²) in [5, 5.41) is 0. The molecule has 0 spiro atoms. The van der Waals surface area contributed by atoms with Crippen molar-refractivity contribution in [2.75, 3.05) is 12.3 Å². The van der Waals surface area contributed by atoms with Gasteiger partial charge in [-0.2, -0.15) is 0 Å². The number of rotatable bonds is 3. The average Bonchev–Trinajstić information content (AvgIpc) is 2.49. The topological polar surface area (TPSA) is 94.6 Å². The smallest absolute Gasteiger partial charge is 0.261 e. The highest BCUT2D eigenvalue weighted by Gasteiger charge is 2.34. The Kier molecular flexibility index (Phi) is 2.72. The highest BCUT2D eigenvalue weighted by Crippen LogP contribution is 2.21. The van der Waals surface area contributed by atoms with Crippen LogP contribution >= 0.6 is 0 Å². The van der Waals surface area contributed by atoms with Gasteiger partial charge in [-0.1, -0.05) is 12.1 Å². The molecule has 6 nitrogen and oxygen atoms in total. The van der Waals surface area contributed by atoms with Gasteiger partial charge in [0.15, 0.2) is 0 Å². The van der Waals surface area contributed by atoms with Crippen LogP contribution in [0.3, 0.4) is 0 Å². The van der Waals surface area contributed by atoms with Crippen molar-refractivity contribution in [3.05, 3.63) is 35.4 Å². The zero-order valence-electron chi connectivity index (χ0n) is 8.62. The van der Waals surface area contributed by atoms with Crippen molar-refractivity contribution in [1.82, 2.24) is 4.90 Å². The number of imide groups is 1. The van der Waals surface area contributed by atoms with Crippen molar-refractivity contribution in [2.24, 2.45) is 0 Å². The van der Waals surface area contributed by atoms with E-state index in [9.17, 15) is 22.6 Å². The van der Waals surface area contributed by atoms with Crippen molar-refractivity contribution >= 4 is 21.9 Å². The molecular weight excluding hydrogens is 246 g/mol. The number of benzene rings is 1. The molecule has 1 aliphatic rings. The Morgan fingerprint density at radius 1 is 1.06 bits per heavy atom. The lowest BCUT2D eigenvalue weighted by Gasteiger charge is -2.14. The first kappa shape index (κ1) is 11.7. The summed E-state index contributed by atoms with van der Waals surface area (Å²) in [6.07, 6.45) is 0. The number of hydrogen-bond donors (Lipinski definition) is 0. The molecule has 0 radical (unpaired) electrons. The molecule has 7 heteroatoms. The molecule has 90 valence electrons. The van der Waals surface area contributed by atoms with E-state index in [4.69, 9.17) is 0 Å². The van der Waals surface area contributed by atoms with Crippen LogP contribution in [-0.2, 0) is 10.1 Å². The highest BCUT2D eigenvalue weighted by molar-refractivity contribution is 7.85. The quantitative estimate of drug-likeness (QED) is 0.551. The zero-order chi connectivity index (χ0) is 12.6. The summed E-state index contributed by atoms with van der Waals surface area (Å²) in [6, 6.07) is 6.19. The summed E-state index contributed by atoms with van der Waals surface area (Å²) < 4.78 is 31.4. The van der Waals surface area contributed by atoms with Gasteiger partial charge in [-0.05, 0) is 12.1 Å². The molecule has 0 aliphatic carbocycles. The Balaban J connectivity index is 2.25. The standard InChI is InChI=1S/C10H9NO5S/c12-9-7-3-1-2-4-8(7)10(13)11(9)5-6-17(14,15)16/h1-4H,5-6H2,(H,14,15,16)/p-1. The van der Waals surface area contributed by atoms with Crippen LogP contribution in [0.1, 0.15) is 20.7 Å². The molecule has 2 amide bonds. The summed E-state index contributed by atoms with van der Waals surface area (Å²) in [4.78, 5) is 24.2. The molecule has 17 heavy (non-hydrogen) atoms. The molecule has 1 heterocycles. The van der Waals surface area contributed by atoms with Crippen LogP contribution in [0, 0.1) is 0 Å². The van der Waals surface area contributed by atoms with Crippen molar-refractivity contribution in [1.29, 1.82) is 0 Å². The van der Waals surface area contributed by atoms with Gasteiger partial charge in [-0.3, -0.25) is 14.5 Å². The molecule has 0 aromatic heterocycles. The van der Waals surface area contributed by atoms with E-state index in [2.05, 4.69) is 0 Å². The number of carbonyl (C=O) groups excluding carboxylic acids is 2. The maximum absolute atomic E-state index is 11.7. The number of nitrogens with zero attached hydrogens (tertiary/aromatic N) is 1. The van der Waals surface area contributed by atoms with Crippen LogP contribution < -0.4 is 0 Å². The molecule has 1 aromatic rings. The van der Waals surface area contributed by atoms with Gasteiger partial charge in [0.25, 0.3) is 11.8 Å². The first-order valence-corrected chi connectivity index (χ1v) is 6.37. The van der Waals surface area contributed by atoms with Crippen LogP contribution in [0.5, 0.6) is 0 Å². The van der Waals surface area contributed by atoms with E-state index in [1.165, 1.54) is 12.1 Å².